The van der Waals surface area contributed by atoms with Crippen molar-refractivity contribution < 1.29 is 27.8 Å². The van der Waals surface area contributed by atoms with Crippen LogP contribution < -0.4 is 0 Å². The molecule has 0 atom stereocenters. The molecule has 16 heavy (non-hydrogen) atoms. The normalized spacial score (nSPS) is 11.2. The van der Waals surface area contributed by atoms with Crippen molar-refractivity contribution >= 4 is 5.97 Å². The van der Waals surface area contributed by atoms with Gasteiger partial charge in [0.2, 0.25) is 0 Å². The molecule has 0 heterocycles. The Morgan fingerprint density at radius 1 is 1.38 bits per heavy atom. The Kier molecular flexibility index (Phi) is 3.41. The SMILES string of the molecule is COC(=O)Cc1cc(O)cc(C(F)(F)F)c1. The fraction of sp³-hybridized carbons (Fsp3) is 0.300. The molecule has 1 aromatic carbocycles. The fourth-order valence-electron chi connectivity index (χ4n) is 1.18. The molecule has 0 saturated carbocycles. The number of hydrogen-bond donors (Lipinski definition) is 1. The van der Waals surface area contributed by atoms with E-state index in [1.54, 1.807) is 0 Å². The van der Waals surface area contributed by atoms with Crippen LogP contribution in [0.1, 0.15) is 11.1 Å². The molecular formula is C10H9F3O3. The van der Waals surface area contributed by atoms with Crippen LogP contribution in [0.4, 0.5) is 13.2 Å². The molecule has 0 aliphatic heterocycles. The van der Waals surface area contributed by atoms with E-state index in [0.29, 0.717) is 6.07 Å². The summed E-state index contributed by atoms with van der Waals surface area (Å²) in [6.07, 6.45) is -4.86. The molecule has 0 unspecified atom stereocenters. The molecule has 0 saturated heterocycles. The highest BCUT2D eigenvalue weighted by atomic mass is 19.4. The van der Waals surface area contributed by atoms with Crippen LogP contribution in [0.15, 0.2) is 18.2 Å². The Labute approximate surface area is 89.5 Å². The number of carbonyl (C=O) groups excluding carboxylic acids is 1. The predicted molar refractivity (Wildman–Crippen MR) is 48.8 cm³/mol. The average Bonchev–Trinajstić information content (AvgIpc) is 2.15. The molecule has 1 N–H and O–H groups in total. The van der Waals surface area contributed by atoms with E-state index in [1.165, 1.54) is 0 Å². The molecule has 0 spiro atoms. The van der Waals surface area contributed by atoms with E-state index in [2.05, 4.69) is 4.74 Å². The molecule has 0 amide bonds. The monoisotopic (exact) mass is 234 g/mol. The molecule has 0 radical (unpaired) electrons. The van der Waals surface area contributed by atoms with Gasteiger partial charge in [0.1, 0.15) is 5.75 Å². The number of alkyl halides is 3. The summed E-state index contributed by atoms with van der Waals surface area (Å²) in [5.74, 6) is -1.20. The molecule has 0 aliphatic carbocycles. The van der Waals surface area contributed by atoms with Crippen LogP contribution in [-0.2, 0) is 22.1 Å². The van der Waals surface area contributed by atoms with Crippen molar-refractivity contribution in [3.05, 3.63) is 29.3 Å². The summed E-state index contributed by atoms with van der Waals surface area (Å²) in [4.78, 5) is 10.9. The standard InChI is InChI=1S/C10H9F3O3/c1-16-9(15)4-6-2-7(10(11,12)13)5-8(14)3-6/h2-3,5,14H,4H2,1H3. The molecular weight excluding hydrogens is 225 g/mol. The minimum atomic E-state index is -4.55. The number of aromatic hydroxyl groups is 1. The van der Waals surface area contributed by atoms with Gasteiger partial charge >= 0.3 is 12.1 Å². The van der Waals surface area contributed by atoms with E-state index in [4.69, 9.17) is 5.11 Å². The molecule has 1 rings (SSSR count). The van der Waals surface area contributed by atoms with E-state index in [0.717, 1.165) is 19.2 Å². The number of ether oxygens (including phenoxy) is 1. The largest absolute Gasteiger partial charge is 0.508 e. The first-order chi connectivity index (χ1) is 7.32. The van der Waals surface area contributed by atoms with Crippen molar-refractivity contribution in [2.75, 3.05) is 7.11 Å². The van der Waals surface area contributed by atoms with Gasteiger partial charge in [-0.25, -0.2) is 0 Å². The number of phenols is 1. The van der Waals surface area contributed by atoms with Crippen molar-refractivity contribution in [2.45, 2.75) is 12.6 Å². The van der Waals surface area contributed by atoms with Gasteiger partial charge in [0, 0.05) is 0 Å². The first-order valence-electron chi connectivity index (χ1n) is 4.30. The lowest BCUT2D eigenvalue weighted by atomic mass is 10.1. The highest BCUT2D eigenvalue weighted by Crippen LogP contribution is 2.32. The quantitative estimate of drug-likeness (QED) is 0.797. The second-order valence-electron chi connectivity index (χ2n) is 3.14. The van der Waals surface area contributed by atoms with Gasteiger partial charge in [0.15, 0.2) is 0 Å². The minimum Gasteiger partial charge on any atom is -0.508 e. The van der Waals surface area contributed by atoms with Gasteiger partial charge in [-0.1, -0.05) is 0 Å². The van der Waals surface area contributed by atoms with E-state index in [9.17, 15) is 18.0 Å². The lowest BCUT2D eigenvalue weighted by Crippen LogP contribution is -2.08. The Morgan fingerprint density at radius 3 is 2.50 bits per heavy atom. The molecule has 88 valence electrons. The van der Waals surface area contributed by atoms with Gasteiger partial charge in [-0.05, 0) is 23.8 Å². The highest BCUT2D eigenvalue weighted by molar-refractivity contribution is 5.72. The predicted octanol–water partition coefficient (Wildman–Crippen LogP) is 2.13. The van der Waals surface area contributed by atoms with E-state index < -0.39 is 23.5 Å². The molecule has 0 bridgehead atoms. The molecule has 0 aliphatic rings. The van der Waals surface area contributed by atoms with Crippen LogP contribution in [0, 0.1) is 0 Å². The lowest BCUT2D eigenvalue weighted by Gasteiger charge is -2.09. The van der Waals surface area contributed by atoms with Crippen LogP contribution in [-0.4, -0.2) is 18.2 Å². The zero-order valence-corrected chi connectivity index (χ0v) is 8.34. The summed E-state index contributed by atoms with van der Waals surface area (Å²) in [5, 5.41) is 9.09. The Bertz CT molecular complexity index is 399. The lowest BCUT2D eigenvalue weighted by molar-refractivity contribution is -0.140. The van der Waals surface area contributed by atoms with Crippen molar-refractivity contribution in [1.82, 2.24) is 0 Å². The van der Waals surface area contributed by atoms with Gasteiger partial charge in [0.05, 0.1) is 19.1 Å². The smallest absolute Gasteiger partial charge is 0.416 e. The topological polar surface area (TPSA) is 46.5 Å². The van der Waals surface area contributed by atoms with E-state index >= 15 is 0 Å². The van der Waals surface area contributed by atoms with Crippen molar-refractivity contribution in [3.63, 3.8) is 0 Å². The van der Waals surface area contributed by atoms with Gasteiger partial charge in [-0.15, -0.1) is 0 Å². The van der Waals surface area contributed by atoms with Crippen LogP contribution in [0.3, 0.4) is 0 Å². The third kappa shape index (κ3) is 3.15. The van der Waals surface area contributed by atoms with Gasteiger partial charge in [-0.2, -0.15) is 13.2 Å². The van der Waals surface area contributed by atoms with E-state index in [1.807, 2.05) is 0 Å². The van der Waals surface area contributed by atoms with Crippen molar-refractivity contribution in [2.24, 2.45) is 0 Å². The molecule has 3 nitrogen and oxygen atoms in total. The second kappa shape index (κ2) is 4.42. The Balaban J connectivity index is 3.04. The van der Waals surface area contributed by atoms with Crippen molar-refractivity contribution in [3.8, 4) is 5.75 Å². The number of phenolic OH excluding ortho intramolecular Hbond substituents is 1. The zero-order valence-electron chi connectivity index (χ0n) is 8.34. The van der Waals surface area contributed by atoms with Gasteiger partial charge < -0.3 is 9.84 Å². The summed E-state index contributed by atoms with van der Waals surface area (Å²) in [5.41, 5.74) is -0.939. The van der Waals surface area contributed by atoms with Crippen LogP contribution >= 0.6 is 0 Å². The maximum Gasteiger partial charge on any atom is 0.416 e. The van der Waals surface area contributed by atoms with Crippen LogP contribution in [0.25, 0.3) is 0 Å². The van der Waals surface area contributed by atoms with Crippen LogP contribution in [0.2, 0.25) is 0 Å². The van der Waals surface area contributed by atoms with Crippen LogP contribution in [0.5, 0.6) is 5.75 Å². The number of methoxy groups -OCH3 is 1. The first-order valence-corrected chi connectivity index (χ1v) is 4.30. The number of carbonyl (C=O) groups is 1. The summed E-state index contributed by atoms with van der Waals surface area (Å²) >= 11 is 0. The molecule has 0 aromatic heterocycles. The third-order valence-electron chi connectivity index (χ3n) is 1.88. The number of rotatable bonds is 2. The summed E-state index contributed by atoms with van der Waals surface area (Å²) in [6, 6.07) is 2.49. The van der Waals surface area contributed by atoms with E-state index in [-0.39, 0.29) is 12.0 Å². The van der Waals surface area contributed by atoms with Gasteiger partial charge in [-0.3, -0.25) is 4.79 Å². The first kappa shape index (κ1) is 12.4. The summed E-state index contributed by atoms with van der Waals surface area (Å²) < 4.78 is 41.3. The minimum absolute atomic E-state index is 0.0548. The number of esters is 1. The highest BCUT2D eigenvalue weighted by Gasteiger charge is 2.31. The average molecular weight is 234 g/mol. The van der Waals surface area contributed by atoms with Crippen molar-refractivity contribution in [1.29, 1.82) is 0 Å². The zero-order chi connectivity index (χ0) is 12.3. The van der Waals surface area contributed by atoms with Gasteiger partial charge in [0.25, 0.3) is 0 Å². The Morgan fingerprint density at radius 2 is 2.00 bits per heavy atom. The summed E-state index contributed by atoms with van der Waals surface area (Å²) in [6.45, 7) is 0. The number of hydrogen-bond acceptors (Lipinski definition) is 3. The number of benzene rings is 1. The molecule has 6 heteroatoms. The fourth-order valence-corrected chi connectivity index (χ4v) is 1.18. The maximum atomic E-state index is 12.3. The molecule has 0 fully saturated rings. The third-order valence-corrected chi connectivity index (χ3v) is 1.88. The number of halogens is 3. The second-order valence-corrected chi connectivity index (χ2v) is 3.14. The Hall–Kier alpha value is -1.72. The maximum absolute atomic E-state index is 12.3. The summed E-state index contributed by atoms with van der Waals surface area (Å²) in [7, 11) is 1.13. The molecule has 1 aromatic rings.